The van der Waals surface area contributed by atoms with Crippen molar-refractivity contribution >= 4 is 17.8 Å². The number of rotatable bonds is 8. The van der Waals surface area contributed by atoms with Crippen LogP contribution in [0.3, 0.4) is 0 Å². The molecule has 0 aromatic carbocycles. The van der Waals surface area contributed by atoms with Crippen LogP contribution < -0.4 is 5.32 Å². The van der Waals surface area contributed by atoms with Crippen LogP contribution in [-0.2, 0) is 14.3 Å². The second kappa shape index (κ2) is 11.9. The minimum absolute atomic E-state index is 0.0434. The largest absolute Gasteiger partial charge is 0.469 e. The summed E-state index contributed by atoms with van der Waals surface area (Å²) in [5.41, 5.74) is 0. The molecule has 0 bridgehead atoms. The molecule has 1 atom stereocenters. The second-order valence-corrected chi connectivity index (χ2v) is 7.50. The summed E-state index contributed by atoms with van der Waals surface area (Å²) < 4.78 is 4.66. The summed E-state index contributed by atoms with van der Waals surface area (Å²) in [6.45, 7) is 10.9. The van der Waals surface area contributed by atoms with E-state index in [0.717, 1.165) is 77.5 Å². The number of amides is 1. The Bertz CT molecular complexity index is 526. The van der Waals surface area contributed by atoms with Crippen molar-refractivity contribution in [2.75, 3.05) is 59.5 Å². The van der Waals surface area contributed by atoms with Gasteiger partial charge in [0.2, 0.25) is 5.91 Å². The molecule has 0 spiro atoms. The molecule has 0 saturated carbocycles. The van der Waals surface area contributed by atoms with Gasteiger partial charge in [-0.15, -0.1) is 0 Å². The molecular formula is C20H37N5O3. The van der Waals surface area contributed by atoms with Gasteiger partial charge in [-0.1, -0.05) is 0 Å². The number of piperazine rings is 1. The van der Waals surface area contributed by atoms with E-state index in [1.165, 1.54) is 7.11 Å². The molecule has 1 unspecified atom stereocenters. The summed E-state index contributed by atoms with van der Waals surface area (Å²) in [5.74, 6) is 1.04. The van der Waals surface area contributed by atoms with Gasteiger partial charge in [0.05, 0.1) is 13.2 Å². The highest BCUT2D eigenvalue weighted by Gasteiger charge is 2.30. The van der Waals surface area contributed by atoms with Crippen LogP contribution in [0.2, 0.25) is 0 Å². The van der Waals surface area contributed by atoms with Gasteiger partial charge in [0.25, 0.3) is 0 Å². The first-order chi connectivity index (χ1) is 13.6. The fourth-order valence-corrected chi connectivity index (χ4v) is 3.77. The van der Waals surface area contributed by atoms with Crippen LogP contribution in [0.1, 0.15) is 46.0 Å². The third-order valence-corrected chi connectivity index (χ3v) is 5.55. The van der Waals surface area contributed by atoms with E-state index < -0.39 is 0 Å². The summed E-state index contributed by atoms with van der Waals surface area (Å²) in [6, 6.07) is -0.0434. The SMILES string of the molecule is CCNC(=NCCCCC(=O)OC)N1CCN(C(C)C(=O)N2CCCC2)CC1. The quantitative estimate of drug-likeness (QED) is 0.285. The van der Waals surface area contributed by atoms with E-state index in [4.69, 9.17) is 4.99 Å². The first kappa shape index (κ1) is 22.5. The highest BCUT2D eigenvalue weighted by molar-refractivity contribution is 5.82. The van der Waals surface area contributed by atoms with Crippen LogP contribution in [0.5, 0.6) is 0 Å². The van der Waals surface area contributed by atoms with Crippen LogP contribution >= 0.6 is 0 Å². The number of nitrogens with one attached hydrogen (secondary N) is 1. The zero-order valence-corrected chi connectivity index (χ0v) is 17.8. The van der Waals surface area contributed by atoms with Crippen LogP contribution in [0.25, 0.3) is 0 Å². The van der Waals surface area contributed by atoms with E-state index in [0.29, 0.717) is 13.0 Å². The average Bonchev–Trinajstić information content (AvgIpc) is 3.26. The Morgan fingerprint density at radius 3 is 2.32 bits per heavy atom. The van der Waals surface area contributed by atoms with Crippen LogP contribution in [0.15, 0.2) is 4.99 Å². The second-order valence-electron chi connectivity index (χ2n) is 7.50. The number of likely N-dealkylation sites (tertiary alicyclic amines) is 1. The van der Waals surface area contributed by atoms with E-state index in [1.807, 2.05) is 11.8 Å². The van der Waals surface area contributed by atoms with Gasteiger partial charge in [-0.3, -0.25) is 19.5 Å². The number of methoxy groups -OCH3 is 1. The van der Waals surface area contributed by atoms with Gasteiger partial charge in [-0.05, 0) is 39.5 Å². The summed E-state index contributed by atoms with van der Waals surface area (Å²) in [7, 11) is 1.42. The third kappa shape index (κ3) is 6.65. The van der Waals surface area contributed by atoms with Crippen molar-refractivity contribution in [3.63, 3.8) is 0 Å². The molecule has 28 heavy (non-hydrogen) atoms. The maximum Gasteiger partial charge on any atom is 0.305 e. The highest BCUT2D eigenvalue weighted by Crippen LogP contribution is 2.14. The maximum atomic E-state index is 12.6. The molecule has 2 rings (SSSR count). The van der Waals surface area contributed by atoms with Crippen molar-refractivity contribution in [3.05, 3.63) is 0 Å². The first-order valence-corrected chi connectivity index (χ1v) is 10.7. The molecule has 2 aliphatic rings. The predicted molar refractivity (Wildman–Crippen MR) is 110 cm³/mol. The first-order valence-electron chi connectivity index (χ1n) is 10.7. The lowest BCUT2D eigenvalue weighted by Crippen LogP contribution is -2.57. The van der Waals surface area contributed by atoms with Gasteiger partial charge < -0.3 is 19.9 Å². The third-order valence-electron chi connectivity index (χ3n) is 5.55. The highest BCUT2D eigenvalue weighted by atomic mass is 16.5. The number of esters is 1. The Balaban J connectivity index is 1.78. The van der Waals surface area contributed by atoms with E-state index in [1.54, 1.807) is 0 Å². The number of hydrogen-bond donors (Lipinski definition) is 1. The summed E-state index contributed by atoms with van der Waals surface area (Å²) in [5, 5.41) is 3.37. The number of unbranched alkanes of at least 4 members (excludes halogenated alkanes) is 1. The number of aliphatic imine (C=N–C) groups is 1. The average molecular weight is 396 g/mol. The Morgan fingerprint density at radius 2 is 1.71 bits per heavy atom. The molecule has 2 saturated heterocycles. The monoisotopic (exact) mass is 395 g/mol. The molecule has 8 heteroatoms. The summed E-state index contributed by atoms with van der Waals surface area (Å²) >= 11 is 0. The van der Waals surface area contributed by atoms with Crippen molar-refractivity contribution in [1.82, 2.24) is 20.0 Å². The Hall–Kier alpha value is -1.83. The van der Waals surface area contributed by atoms with Gasteiger partial charge >= 0.3 is 5.97 Å². The summed E-state index contributed by atoms with van der Waals surface area (Å²) in [4.78, 5) is 35.1. The lowest BCUT2D eigenvalue weighted by Gasteiger charge is -2.39. The number of carbonyl (C=O) groups is 2. The maximum absolute atomic E-state index is 12.6. The van der Waals surface area contributed by atoms with Gasteiger partial charge in [-0.25, -0.2) is 0 Å². The van der Waals surface area contributed by atoms with Crippen molar-refractivity contribution in [2.45, 2.75) is 52.0 Å². The molecule has 0 aromatic heterocycles. The fourth-order valence-electron chi connectivity index (χ4n) is 3.77. The smallest absolute Gasteiger partial charge is 0.305 e. The van der Waals surface area contributed by atoms with Crippen LogP contribution in [0.4, 0.5) is 0 Å². The standard InChI is InChI=1S/C20H37N5O3/c1-4-21-20(22-10-6-5-9-18(26)28-3)25-15-13-23(14-16-25)17(2)19(27)24-11-7-8-12-24/h17H,4-16H2,1-3H3,(H,21,22). The predicted octanol–water partition coefficient (Wildman–Crippen LogP) is 0.924. The molecule has 2 aliphatic heterocycles. The molecule has 2 heterocycles. The molecule has 8 nitrogen and oxygen atoms in total. The zero-order valence-electron chi connectivity index (χ0n) is 17.8. The minimum atomic E-state index is -0.162. The Morgan fingerprint density at radius 1 is 1.04 bits per heavy atom. The fraction of sp³-hybridized carbons (Fsp3) is 0.850. The van der Waals surface area contributed by atoms with Crippen molar-refractivity contribution in [1.29, 1.82) is 0 Å². The number of guanidine groups is 1. The Labute approximate surface area is 169 Å². The molecule has 1 amide bonds. The lowest BCUT2D eigenvalue weighted by molar-refractivity contribution is -0.140. The number of hydrogen-bond acceptors (Lipinski definition) is 5. The van der Waals surface area contributed by atoms with E-state index >= 15 is 0 Å². The topological polar surface area (TPSA) is 77.5 Å². The van der Waals surface area contributed by atoms with Crippen molar-refractivity contribution in [2.24, 2.45) is 4.99 Å². The van der Waals surface area contributed by atoms with Gasteiger partial charge in [0.15, 0.2) is 5.96 Å². The number of carbonyl (C=O) groups excluding carboxylic acids is 2. The molecule has 0 aromatic rings. The van der Waals surface area contributed by atoms with Gasteiger partial charge in [0.1, 0.15) is 0 Å². The molecular weight excluding hydrogens is 358 g/mol. The molecule has 160 valence electrons. The van der Waals surface area contributed by atoms with Gasteiger partial charge in [0, 0.05) is 58.8 Å². The summed E-state index contributed by atoms with van der Waals surface area (Å²) in [6.07, 6.45) is 4.37. The normalized spacial score (nSPS) is 19.6. The van der Waals surface area contributed by atoms with Crippen LogP contribution in [0, 0.1) is 0 Å². The minimum Gasteiger partial charge on any atom is -0.469 e. The molecule has 0 aliphatic carbocycles. The molecule has 0 radical (unpaired) electrons. The molecule has 2 fully saturated rings. The van der Waals surface area contributed by atoms with Gasteiger partial charge in [-0.2, -0.15) is 0 Å². The van der Waals surface area contributed by atoms with E-state index in [9.17, 15) is 9.59 Å². The number of ether oxygens (including phenoxy) is 1. The molecule has 1 N–H and O–H groups in total. The van der Waals surface area contributed by atoms with E-state index in [-0.39, 0.29) is 17.9 Å². The zero-order chi connectivity index (χ0) is 20.4. The van der Waals surface area contributed by atoms with Crippen molar-refractivity contribution < 1.29 is 14.3 Å². The van der Waals surface area contributed by atoms with Crippen LogP contribution in [-0.4, -0.2) is 98.0 Å². The lowest BCUT2D eigenvalue weighted by atomic mass is 10.2. The van der Waals surface area contributed by atoms with Crippen molar-refractivity contribution in [3.8, 4) is 0 Å². The Kier molecular flexibility index (Phi) is 9.54. The van der Waals surface area contributed by atoms with E-state index in [2.05, 4.69) is 26.8 Å². The number of nitrogens with zero attached hydrogens (tertiary/aromatic N) is 4.